The van der Waals surface area contributed by atoms with Crippen molar-refractivity contribution in [2.75, 3.05) is 0 Å². The Bertz CT molecular complexity index is 236. The largest absolute Gasteiger partial charge is 0.263 e. The van der Waals surface area contributed by atoms with Crippen molar-refractivity contribution < 1.29 is 0 Å². The van der Waals surface area contributed by atoms with Crippen LogP contribution in [-0.4, -0.2) is 15.2 Å². The van der Waals surface area contributed by atoms with Crippen molar-refractivity contribution in [1.82, 2.24) is 15.2 Å². The van der Waals surface area contributed by atoms with Crippen molar-refractivity contribution in [3.05, 3.63) is 11.6 Å². The van der Waals surface area contributed by atoms with Gasteiger partial charge in [-0.3, -0.25) is 5.10 Å². The van der Waals surface area contributed by atoms with E-state index in [-0.39, 0.29) is 0 Å². The number of rotatable bonds is 5. The Morgan fingerprint density at radius 3 is 2.23 bits per heavy atom. The van der Waals surface area contributed by atoms with Gasteiger partial charge in [-0.05, 0) is 19.8 Å². The molecule has 74 valence electrons. The van der Waals surface area contributed by atoms with Crippen molar-refractivity contribution in [2.24, 2.45) is 0 Å². The van der Waals surface area contributed by atoms with Crippen molar-refractivity contribution in [2.45, 2.75) is 52.4 Å². The second-order valence-electron chi connectivity index (χ2n) is 3.55. The molecule has 1 rings (SSSR count). The van der Waals surface area contributed by atoms with Crippen molar-refractivity contribution >= 4 is 0 Å². The van der Waals surface area contributed by atoms with Crippen LogP contribution >= 0.6 is 0 Å². The number of nitrogens with zero attached hydrogens (tertiary/aromatic N) is 2. The minimum atomic E-state index is 0.556. The van der Waals surface area contributed by atoms with E-state index >= 15 is 0 Å². The third-order valence-corrected chi connectivity index (χ3v) is 2.25. The first kappa shape index (κ1) is 10.2. The fourth-order valence-electron chi connectivity index (χ4n) is 1.64. The molecule has 0 saturated heterocycles. The number of aromatic nitrogens is 3. The van der Waals surface area contributed by atoms with Gasteiger partial charge in [-0.2, -0.15) is 5.10 Å². The lowest BCUT2D eigenvalue weighted by atomic mass is 9.98. The van der Waals surface area contributed by atoms with Gasteiger partial charge in [0, 0.05) is 5.92 Å². The fraction of sp³-hybridized carbons (Fsp3) is 0.800. The molecule has 0 aliphatic heterocycles. The van der Waals surface area contributed by atoms with Crippen LogP contribution in [0.2, 0.25) is 0 Å². The summed E-state index contributed by atoms with van der Waals surface area (Å²) < 4.78 is 0. The lowest BCUT2D eigenvalue weighted by molar-refractivity contribution is 0.535. The maximum atomic E-state index is 4.38. The van der Waals surface area contributed by atoms with Crippen LogP contribution < -0.4 is 0 Å². The Labute approximate surface area is 80.0 Å². The van der Waals surface area contributed by atoms with E-state index in [9.17, 15) is 0 Å². The minimum Gasteiger partial charge on any atom is -0.263 e. The number of hydrogen-bond donors (Lipinski definition) is 1. The third-order valence-electron chi connectivity index (χ3n) is 2.25. The van der Waals surface area contributed by atoms with Crippen LogP contribution in [-0.2, 0) is 0 Å². The van der Waals surface area contributed by atoms with Crippen molar-refractivity contribution in [3.8, 4) is 0 Å². The van der Waals surface area contributed by atoms with Crippen molar-refractivity contribution in [1.29, 1.82) is 0 Å². The van der Waals surface area contributed by atoms with E-state index in [0.717, 1.165) is 11.6 Å². The second-order valence-corrected chi connectivity index (χ2v) is 3.55. The molecule has 3 heteroatoms. The zero-order valence-corrected chi connectivity index (χ0v) is 8.80. The van der Waals surface area contributed by atoms with Gasteiger partial charge >= 0.3 is 0 Å². The first-order valence-electron chi connectivity index (χ1n) is 5.16. The first-order valence-corrected chi connectivity index (χ1v) is 5.16. The molecule has 1 aromatic rings. The molecule has 0 spiro atoms. The summed E-state index contributed by atoms with van der Waals surface area (Å²) in [5.41, 5.74) is 0. The Morgan fingerprint density at radius 1 is 1.23 bits per heavy atom. The summed E-state index contributed by atoms with van der Waals surface area (Å²) in [4.78, 5) is 4.38. The van der Waals surface area contributed by atoms with E-state index in [2.05, 4.69) is 29.0 Å². The summed E-state index contributed by atoms with van der Waals surface area (Å²) in [6.07, 6.45) is 4.81. The lowest BCUT2D eigenvalue weighted by Crippen LogP contribution is -2.00. The van der Waals surface area contributed by atoms with Gasteiger partial charge in [0.1, 0.15) is 5.82 Å². The van der Waals surface area contributed by atoms with Gasteiger partial charge in [0.15, 0.2) is 5.82 Å². The molecule has 1 aromatic heterocycles. The standard InChI is InChI=1S/C10H19N3/c1-4-6-9(7-5-2)10-11-8(3)12-13-10/h9H,4-7H2,1-3H3,(H,11,12,13). The first-order chi connectivity index (χ1) is 6.27. The van der Waals surface area contributed by atoms with E-state index in [4.69, 9.17) is 0 Å². The van der Waals surface area contributed by atoms with E-state index in [0.29, 0.717) is 5.92 Å². The summed E-state index contributed by atoms with van der Waals surface area (Å²) >= 11 is 0. The van der Waals surface area contributed by atoms with Crippen molar-refractivity contribution in [3.63, 3.8) is 0 Å². The molecule has 0 aliphatic carbocycles. The molecule has 0 radical (unpaired) electrons. The normalized spacial score (nSPS) is 11.1. The second kappa shape index (κ2) is 5.00. The lowest BCUT2D eigenvalue weighted by Gasteiger charge is -2.09. The van der Waals surface area contributed by atoms with Crippen LogP contribution in [0.15, 0.2) is 0 Å². The monoisotopic (exact) mass is 181 g/mol. The van der Waals surface area contributed by atoms with Gasteiger partial charge < -0.3 is 0 Å². The van der Waals surface area contributed by atoms with Crippen LogP contribution in [0.1, 0.15) is 57.1 Å². The Balaban J connectivity index is 2.63. The van der Waals surface area contributed by atoms with Crippen LogP contribution in [0.4, 0.5) is 0 Å². The number of aryl methyl sites for hydroxylation is 1. The average Bonchev–Trinajstić information content (AvgIpc) is 2.51. The highest BCUT2D eigenvalue weighted by Crippen LogP contribution is 2.22. The molecule has 0 saturated carbocycles. The average molecular weight is 181 g/mol. The van der Waals surface area contributed by atoms with Crippen LogP contribution in [0, 0.1) is 6.92 Å². The molecule has 0 aromatic carbocycles. The van der Waals surface area contributed by atoms with Crippen LogP contribution in [0.25, 0.3) is 0 Å². The highest BCUT2D eigenvalue weighted by molar-refractivity contribution is 4.96. The molecular weight excluding hydrogens is 162 g/mol. The smallest absolute Gasteiger partial charge is 0.153 e. The quantitative estimate of drug-likeness (QED) is 0.759. The highest BCUT2D eigenvalue weighted by atomic mass is 15.2. The maximum Gasteiger partial charge on any atom is 0.153 e. The number of nitrogens with one attached hydrogen (secondary N) is 1. The molecular formula is C10H19N3. The molecule has 13 heavy (non-hydrogen) atoms. The van der Waals surface area contributed by atoms with Gasteiger partial charge in [-0.1, -0.05) is 26.7 Å². The van der Waals surface area contributed by atoms with Crippen LogP contribution in [0.5, 0.6) is 0 Å². The Hall–Kier alpha value is -0.860. The molecule has 0 unspecified atom stereocenters. The molecule has 3 nitrogen and oxygen atoms in total. The van der Waals surface area contributed by atoms with Crippen LogP contribution in [0.3, 0.4) is 0 Å². The molecule has 0 aliphatic rings. The SMILES string of the molecule is CCCC(CCC)c1n[nH]c(C)n1. The predicted molar refractivity (Wildman–Crippen MR) is 53.7 cm³/mol. The fourth-order valence-corrected chi connectivity index (χ4v) is 1.64. The van der Waals surface area contributed by atoms with Gasteiger partial charge in [0.2, 0.25) is 0 Å². The zero-order valence-electron chi connectivity index (χ0n) is 8.80. The van der Waals surface area contributed by atoms with E-state index < -0.39 is 0 Å². The predicted octanol–water partition coefficient (Wildman–Crippen LogP) is 2.80. The van der Waals surface area contributed by atoms with Gasteiger partial charge in [-0.25, -0.2) is 4.98 Å². The topological polar surface area (TPSA) is 41.6 Å². The Morgan fingerprint density at radius 2 is 1.85 bits per heavy atom. The van der Waals surface area contributed by atoms with E-state index in [1.165, 1.54) is 25.7 Å². The van der Waals surface area contributed by atoms with Gasteiger partial charge in [-0.15, -0.1) is 0 Å². The molecule has 0 bridgehead atoms. The zero-order chi connectivity index (χ0) is 9.68. The number of hydrogen-bond acceptors (Lipinski definition) is 2. The summed E-state index contributed by atoms with van der Waals surface area (Å²) in [6, 6.07) is 0. The van der Waals surface area contributed by atoms with E-state index in [1.54, 1.807) is 0 Å². The molecule has 0 amide bonds. The molecule has 0 fully saturated rings. The summed E-state index contributed by atoms with van der Waals surface area (Å²) in [6.45, 7) is 6.37. The summed E-state index contributed by atoms with van der Waals surface area (Å²) in [5, 5.41) is 7.12. The molecule has 1 N–H and O–H groups in total. The highest BCUT2D eigenvalue weighted by Gasteiger charge is 2.13. The maximum absolute atomic E-state index is 4.38. The molecule has 1 heterocycles. The minimum absolute atomic E-state index is 0.556. The number of aromatic amines is 1. The third kappa shape index (κ3) is 2.83. The van der Waals surface area contributed by atoms with Gasteiger partial charge in [0.25, 0.3) is 0 Å². The van der Waals surface area contributed by atoms with Gasteiger partial charge in [0.05, 0.1) is 0 Å². The summed E-state index contributed by atoms with van der Waals surface area (Å²) in [5.74, 6) is 2.48. The number of H-pyrrole nitrogens is 1. The Kier molecular flexibility index (Phi) is 3.93. The summed E-state index contributed by atoms with van der Waals surface area (Å²) in [7, 11) is 0. The van der Waals surface area contributed by atoms with E-state index in [1.807, 2.05) is 6.92 Å². The molecule has 0 atom stereocenters.